The number of halogens is 3. The van der Waals surface area contributed by atoms with Crippen molar-refractivity contribution < 1.29 is 204 Å². The predicted octanol–water partition coefficient (Wildman–Crippen LogP) is 7.20. The van der Waals surface area contributed by atoms with Gasteiger partial charge in [0.1, 0.15) is 12.4 Å². The Morgan fingerprint density at radius 3 is 1.37 bits per heavy atom. The van der Waals surface area contributed by atoms with Crippen molar-refractivity contribution in [1.82, 2.24) is 22.0 Å². The summed E-state index contributed by atoms with van der Waals surface area (Å²) in [4.78, 5) is 99.6. The number of carbonyl (C=O) groups is 8. The van der Waals surface area contributed by atoms with Gasteiger partial charge in [0, 0.05) is 108 Å². The molecule has 653 valence electrons. The van der Waals surface area contributed by atoms with E-state index in [9.17, 15) is 33.6 Å². The zero-order valence-electron chi connectivity index (χ0n) is 74.4. The van der Waals surface area contributed by atoms with Gasteiger partial charge in [-0.2, -0.15) is 46.3 Å². The van der Waals surface area contributed by atoms with Crippen LogP contribution in [0.3, 0.4) is 0 Å². The summed E-state index contributed by atoms with van der Waals surface area (Å²) in [5.41, 5.74) is 16.5. The van der Waals surface area contributed by atoms with Crippen LogP contribution in [-0.4, -0.2) is 90.2 Å². The van der Waals surface area contributed by atoms with E-state index >= 15 is 0 Å². The van der Waals surface area contributed by atoms with Gasteiger partial charge in [-0.25, -0.2) is 4.85 Å². The van der Waals surface area contributed by atoms with Crippen molar-refractivity contribution in [3.8, 4) is 30.3 Å². The summed E-state index contributed by atoms with van der Waals surface area (Å²) in [6.07, 6.45) is 12.7. The molecule has 1 amide bonds. The van der Waals surface area contributed by atoms with E-state index in [1.807, 2.05) is 197 Å². The Kier molecular flexibility index (Phi) is 54.1. The number of anilines is 1. The number of nitrogens with zero attached hydrogens (tertiary/aromatic N) is 13. The number of nitriles is 5. The summed E-state index contributed by atoms with van der Waals surface area (Å²) in [6, 6.07) is 93.5. The van der Waals surface area contributed by atoms with Gasteiger partial charge >= 0.3 is 132 Å². The van der Waals surface area contributed by atoms with Gasteiger partial charge in [0.25, 0.3) is 18.2 Å². The molecule has 134 heavy (non-hydrogen) atoms. The first-order chi connectivity index (χ1) is 61.8. The molecule has 10 heterocycles. The summed E-state index contributed by atoms with van der Waals surface area (Å²) in [5, 5.41) is 62.1. The maximum absolute atomic E-state index is 12.8. The van der Waals surface area contributed by atoms with E-state index in [0.29, 0.717) is 113 Å². The van der Waals surface area contributed by atoms with Crippen molar-refractivity contribution in [2.45, 2.75) is 60.3 Å². The third-order valence-corrected chi connectivity index (χ3v) is 19.5. The number of benzene rings is 6. The number of Topliss-reactive ketones (excluding diaryl/α,β-unsaturated/α-hetero) is 4. The number of hydrogen-bond donors (Lipinski definition) is 1. The van der Waals surface area contributed by atoms with Gasteiger partial charge in [-0.3, -0.25) is 38.4 Å². The third kappa shape index (κ3) is 35.9. The zero-order valence-corrected chi connectivity index (χ0v) is 87.4. The first-order valence-electron chi connectivity index (χ1n) is 38.7. The van der Waals surface area contributed by atoms with Crippen molar-refractivity contribution in [3.63, 3.8) is 0 Å². The number of nitrogens with one attached hydrogen (secondary N) is 1. The summed E-state index contributed by atoms with van der Waals surface area (Å²) >= 11 is 9.89. The molecule has 0 bridgehead atoms. The van der Waals surface area contributed by atoms with Crippen LogP contribution in [0.15, 0.2) is 316 Å². The van der Waals surface area contributed by atoms with Crippen molar-refractivity contribution in [3.05, 3.63) is 435 Å². The molecule has 24 nitrogen and oxygen atoms in total. The van der Waals surface area contributed by atoms with Crippen molar-refractivity contribution in [2.24, 2.45) is 0 Å². The first kappa shape index (κ1) is 118. The van der Waals surface area contributed by atoms with Gasteiger partial charge in [0.05, 0.1) is 104 Å². The fourth-order valence-corrected chi connectivity index (χ4v) is 13.2. The molecule has 0 saturated heterocycles. The Morgan fingerprint density at radius 1 is 0.537 bits per heavy atom. The van der Waals surface area contributed by atoms with E-state index in [1.54, 1.807) is 138 Å². The van der Waals surface area contributed by atoms with Crippen LogP contribution in [0.5, 0.6) is 0 Å². The Labute approximate surface area is 916 Å². The number of amides is 1. The van der Waals surface area contributed by atoms with Crippen LogP contribution in [-0.2, 0) is 33.9 Å². The van der Waals surface area contributed by atoms with Gasteiger partial charge in [-0.15, -0.1) is 0 Å². The largest absolute Gasteiger partial charge is 1.00 e. The number of carbonyl (C=O) groups excluding carboxylic acids is 8. The Balaban J connectivity index is 0.000000795. The summed E-state index contributed by atoms with van der Waals surface area (Å²) in [6.45, 7) is 21.2. The van der Waals surface area contributed by atoms with E-state index in [0.717, 1.165) is 40.4 Å². The van der Waals surface area contributed by atoms with Crippen molar-refractivity contribution >= 4 is 134 Å². The van der Waals surface area contributed by atoms with E-state index in [2.05, 4.69) is 95.9 Å². The zero-order chi connectivity index (χ0) is 92.7. The molecular weight excluding hydrogens is 1940 g/mol. The first-order valence-corrected chi connectivity index (χ1v) is 45.1. The van der Waals surface area contributed by atoms with E-state index in [-0.39, 0.29) is 202 Å². The van der Waals surface area contributed by atoms with Crippen LogP contribution < -0.4 is 164 Å². The summed E-state index contributed by atoms with van der Waals surface area (Å²) in [7, 11) is -1.14. The number of fused-ring (bicyclic) bond motifs is 4. The maximum Gasteiger partial charge on any atom is 1.00 e. The minimum Gasteiger partial charge on any atom is -1.00 e. The topological polar surface area (TPSA) is 362 Å². The summed E-state index contributed by atoms with van der Waals surface area (Å²) < 4.78 is 13.6. The molecule has 10 aromatic heterocycles. The van der Waals surface area contributed by atoms with Gasteiger partial charge < -0.3 is 63.3 Å². The molecule has 0 fully saturated rings. The molecule has 0 aliphatic carbocycles. The van der Waals surface area contributed by atoms with Crippen LogP contribution in [0.25, 0.3) is 26.9 Å². The van der Waals surface area contributed by atoms with Crippen LogP contribution in [0.1, 0.15) is 145 Å². The molecule has 33 heteroatoms. The second kappa shape index (κ2) is 61.2. The van der Waals surface area contributed by atoms with Crippen molar-refractivity contribution in [2.75, 3.05) is 10.6 Å². The van der Waals surface area contributed by atoms with Gasteiger partial charge in [-0.05, 0) is 225 Å². The molecule has 0 aliphatic rings. The number of hydrogen-bond acceptors (Lipinski definition) is 18. The molecule has 1 N–H and O–H groups in total. The normalized spacial score (nSPS) is 9.49. The van der Waals surface area contributed by atoms with Crippen LogP contribution >= 0.6 is 38.5 Å². The number of pyridine rings is 5. The smallest absolute Gasteiger partial charge is 1.00 e. The fourth-order valence-electron chi connectivity index (χ4n) is 12.2. The number of ketones is 6. The average Bonchev–Trinajstić information content (AvgIpc) is 1.64. The number of alkyl halides is 1. The second-order valence-electron chi connectivity index (χ2n) is 28.3. The van der Waals surface area contributed by atoms with E-state index in [4.69, 9.17) is 65.8 Å². The van der Waals surface area contributed by atoms with Crippen LogP contribution in [0.2, 0.25) is 19.6 Å². The second-order valence-corrected chi connectivity index (χ2v) is 37.2. The number of aromatic nitrogens is 6. The third-order valence-electron chi connectivity index (χ3n) is 18.2. The molecule has 0 spiro atoms. The van der Waals surface area contributed by atoms with Crippen LogP contribution in [0.4, 0.5) is 10.7 Å². The molecule has 16 rings (SSSR count). The van der Waals surface area contributed by atoms with Gasteiger partial charge in [0.15, 0.2) is 29.6 Å². The Morgan fingerprint density at radius 2 is 0.933 bits per heavy atom. The van der Waals surface area contributed by atoms with Gasteiger partial charge in [-0.1, -0.05) is 122 Å². The molecule has 0 unspecified atom stereocenters. The summed E-state index contributed by atoms with van der Waals surface area (Å²) in [5.74, 6) is -1.52. The average molecular weight is 2020 g/mol. The van der Waals surface area contributed by atoms with Crippen LogP contribution in [0, 0.1) is 82.0 Å². The van der Waals surface area contributed by atoms with E-state index in [1.165, 1.54) is 23.7 Å². The maximum atomic E-state index is 12.8. The quantitative estimate of drug-likeness (QED) is 0.00848. The van der Waals surface area contributed by atoms with Crippen molar-refractivity contribution in [1.29, 1.82) is 31.6 Å². The molecule has 3 radical (unpaired) electrons. The minimum atomic E-state index is -1.14. The molecule has 6 aromatic carbocycles. The molecular formula is C101H82BBr2ClK2N14NaO10SSi. The Bertz CT molecular complexity index is 6920. The SMILES string of the molecule is C.CC(=O)c1cc(C(=O)c2ccc(C#N)cc2)n2ccccc12.C[Si](C)(C)Cl.Cc1cc(NC(=O)C(=O)c2cc(Cc3ccc(C#N)cc3)n3ccccc23)sn1.N#Cc1ccc(C(=O)C[n+]2ccccc2)cc1.N#Cc1ccc(C(=O)c2ccc3ccccn23)cc1.N#Cc1ccc(Cc2ccc3ccccn23)cc1.O=CO[O-].[B].[Br-].[C-]#N.[C-]#[N+]c1ccc(C(=O)CBr)cc1.[H-].[K+].[K+].[Na+]. The standard InChI is InChI=1S/C22H16N4O2S.C18H12N2O2.C16H10N2O.C16H12N2.C14H11N2O.C9H6BrNO.C3H9ClSi.CN.CH2O3.CH4.B.BrH.2K.Na.H/c1-14-10-20(29-25-14)24-22(28)21(27)18-12-17(26-9-3-2-4-19(18)26)11-15-5-7-16(13-23)8-6-15;1-12(21)15-10-17(20-9-3-2-4-16(15)20)18(22)14-7-5-13(11-19)6-8-14;17-11-12-4-6-13(7-5-12)16(19)15-9-8-14-3-1-2-10-18(14)15;17-12-14-6-4-13(5-7-14)11-16-9-8-15-3-1-2-10-18(15)16;15-10-12-4-6-13(7-5-12)14(17)11-16-8-2-1-3-9-16;1-11-8-4-2-7(3-5-8)9(12)6-10;1-5(2,3)4;1-2;2-1-4-3;;;;;;;/h2-10,12H,11H2,1H3,(H,24,28);2-10H,1H3;1-10H;1-10H,11H2;1-9H,11H2;2-5H,6H2;1-3H3;;1,3H;1H4;;1H;;;;/q;;;;+1;;;-1;;;;;3*+1;-1/p-2. The Hall–Kier alpha value is -11.7. The molecule has 0 atom stereocenters. The molecule has 0 aliphatic heterocycles. The predicted molar refractivity (Wildman–Crippen MR) is 504 cm³/mol. The monoisotopic (exact) mass is 2020 g/mol. The molecule has 0 saturated carbocycles. The fraction of sp³-hybridized carbons (Fsp3) is 0.0990. The van der Waals surface area contributed by atoms with Gasteiger partial charge in [0.2, 0.25) is 23.9 Å². The minimum absolute atomic E-state index is 0. The number of rotatable bonds is 18. The number of aryl methyl sites for hydroxylation is 1. The van der Waals surface area contributed by atoms with E-state index < -0.39 is 19.1 Å². The molecule has 16 aromatic rings.